The van der Waals surface area contributed by atoms with E-state index in [1.54, 1.807) is 26.2 Å². The normalized spacial score (nSPS) is 10.3. The Morgan fingerprint density at radius 1 is 1.25 bits per heavy atom. The first kappa shape index (κ1) is 14.0. The van der Waals surface area contributed by atoms with Crippen LogP contribution in [0.15, 0.2) is 30.5 Å². The van der Waals surface area contributed by atoms with E-state index in [0.717, 1.165) is 11.3 Å². The van der Waals surface area contributed by atoms with Crippen molar-refractivity contribution < 1.29 is 14.3 Å². The minimum absolute atomic E-state index is 0.0917. The first-order valence-corrected chi connectivity index (χ1v) is 6.24. The summed E-state index contributed by atoms with van der Waals surface area (Å²) >= 11 is 0. The van der Waals surface area contributed by atoms with Crippen molar-refractivity contribution in [2.24, 2.45) is 0 Å². The number of ketones is 1. The van der Waals surface area contributed by atoms with Gasteiger partial charge in [-0.15, -0.1) is 0 Å². The van der Waals surface area contributed by atoms with Crippen molar-refractivity contribution >= 4 is 11.7 Å². The fourth-order valence-corrected chi connectivity index (χ4v) is 1.93. The van der Waals surface area contributed by atoms with Crippen LogP contribution in [-0.2, 0) is 6.42 Å². The molecule has 0 N–H and O–H groups in total. The summed E-state index contributed by atoms with van der Waals surface area (Å²) in [5, 5.41) is 4.08. The summed E-state index contributed by atoms with van der Waals surface area (Å²) in [6, 6.07) is 7.27. The molecule has 5 nitrogen and oxygen atoms in total. The molecule has 1 heterocycles. The third-order valence-corrected chi connectivity index (χ3v) is 3.05. The molecule has 0 saturated carbocycles. The largest absolute Gasteiger partial charge is 0.497 e. The summed E-state index contributed by atoms with van der Waals surface area (Å²) in [5.41, 5.74) is 1.92. The minimum atomic E-state index is -0.175. The van der Waals surface area contributed by atoms with E-state index in [9.17, 15) is 9.59 Å². The van der Waals surface area contributed by atoms with Gasteiger partial charge in [-0.3, -0.25) is 9.59 Å². The van der Waals surface area contributed by atoms with Crippen LogP contribution in [-0.4, -0.2) is 28.6 Å². The van der Waals surface area contributed by atoms with Gasteiger partial charge in [0.2, 0.25) is 0 Å². The summed E-state index contributed by atoms with van der Waals surface area (Å²) in [6.07, 6.45) is 1.71. The molecule has 20 heavy (non-hydrogen) atoms. The number of hydrogen-bond donors (Lipinski definition) is 0. The second-order valence-corrected chi connectivity index (χ2v) is 4.55. The van der Waals surface area contributed by atoms with Crippen molar-refractivity contribution in [3.05, 3.63) is 47.3 Å². The Morgan fingerprint density at radius 2 is 1.90 bits per heavy atom. The van der Waals surface area contributed by atoms with E-state index in [2.05, 4.69) is 5.10 Å². The zero-order chi connectivity index (χ0) is 14.7. The molecule has 5 heteroatoms. The number of Topliss-reactive ketones (excluding diaryl/α,β-unsaturated/α-hetero) is 1. The van der Waals surface area contributed by atoms with Crippen LogP contribution < -0.4 is 4.74 Å². The molecule has 0 aliphatic carbocycles. The van der Waals surface area contributed by atoms with Crippen LogP contribution in [0.5, 0.6) is 5.75 Å². The number of aryl methyl sites for hydroxylation is 1. The van der Waals surface area contributed by atoms with Gasteiger partial charge in [0.05, 0.1) is 24.8 Å². The molecule has 0 atom stereocenters. The zero-order valence-corrected chi connectivity index (χ0v) is 11.7. The van der Waals surface area contributed by atoms with Gasteiger partial charge in [0.1, 0.15) is 5.75 Å². The van der Waals surface area contributed by atoms with Crippen molar-refractivity contribution in [1.82, 2.24) is 9.78 Å². The highest BCUT2D eigenvalue weighted by molar-refractivity contribution is 5.95. The molecule has 0 radical (unpaired) electrons. The standard InChI is InChI=1S/C15H16N2O3/c1-10-14(11(2)18)9-17(16-10)15(19)8-12-4-6-13(20-3)7-5-12/h4-7,9H,8H2,1-3H3. The molecule has 104 valence electrons. The van der Waals surface area contributed by atoms with Crippen LogP contribution in [0.25, 0.3) is 0 Å². The number of hydrogen-bond acceptors (Lipinski definition) is 4. The van der Waals surface area contributed by atoms with Gasteiger partial charge in [-0.05, 0) is 31.5 Å². The Bertz CT molecular complexity index is 642. The molecule has 0 aliphatic rings. The molecular formula is C15H16N2O3. The predicted octanol–water partition coefficient (Wildman–Crippen LogP) is 2.29. The molecule has 2 aromatic rings. The van der Waals surface area contributed by atoms with E-state index < -0.39 is 0 Å². The van der Waals surface area contributed by atoms with E-state index in [1.165, 1.54) is 17.8 Å². The first-order chi connectivity index (χ1) is 9.51. The lowest BCUT2D eigenvalue weighted by molar-refractivity contribution is 0.0898. The summed E-state index contributed by atoms with van der Waals surface area (Å²) in [6.45, 7) is 3.18. The smallest absolute Gasteiger partial charge is 0.251 e. The van der Waals surface area contributed by atoms with Crippen molar-refractivity contribution in [3.63, 3.8) is 0 Å². The molecular weight excluding hydrogens is 256 g/mol. The van der Waals surface area contributed by atoms with Gasteiger partial charge < -0.3 is 4.74 Å². The van der Waals surface area contributed by atoms with Crippen molar-refractivity contribution in [3.8, 4) is 5.75 Å². The van der Waals surface area contributed by atoms with Crippen LogP contribution in [0, 0.1) is 6.92 Å². The van der Waals surface area contributed by atoms with E-state index in [0.29, 0.717) is 11.3 Å². The molecule has 0 aliphatic heterocycles. The predicted molar refractivity (Wildman–Crippen MR) is 74.3 cm³/mol. The third-order valence-electron chi connectivity index (χ3n) is 3.05. The SMILES string of the molecule is COc1ccc(CC(=O)n2cc(C(C)=O)c(C)n2)cc1. The van der Waals surface area contributed by atoms with Gasteiger partial charge in [0, 0.05) is 6.20 Å². The number of benzene rings is 1. The fourth-order valence-electron chi connectivity index (χ4n) is 1.93. The molecule has 0 spiro atoms. The summed E-state index contributed by atoms with van der Waals surface area (Å²) in [4.78, 5) is 23.5. The van der Waals surface area contributed by atoms with E-state index >= 15 is 0 Å². The number of carbonyl (C=O) groups excluding carboxylic acids is 2. The molecule has 0 fully saturated rings. The van der Waals surface area contributed by atoms with Crippen molar-refractivity contribution in [1.29, 1.82) is 0 Å². The van der Waals surface area contributed by atoms with Crippen LogP contribution in [0.1, 0.15) is 33.3 Å². The first-order valence-electron chi connectivity index (χ1n) is 6.24. The van der Waals surface area contributed by atoms with E-state index in [-0.39, 0.29) is 18.1 Å². The summed E-state index contributed by atoms with van der Waals surface area (Å²) in [7, 11) is 1.59. The quantitative estimate of drug-likeness (QED) is 0.801. The topological polar surface area (TPSA) is 61.2 Å². The Morgan fingerprint density at radius 3 is 2.40 bits per heavy atom. The number of carbonyl (C=O) groups is 2. The average Bonchev–Trinajstić information content (AvgIpc) is 2.82. The summed E-state index contributed by atoms with van der Waals surface area (Å²) in [5.74, 6) is 0.478. The molecule has 0 bridgehead atoms. The summed E-state index contributed by atoms with van der Waals surface area (Å²) < 4.78 is 6.30. The fraction of sp³-hybridized carbons (Fsp3) is 0.267. The average molecular weight is 272 g/mol. The minimum Gasteiger partial charge on any atom is -0.497 e. The maximum Gasteiger partial charge on any atom is 0.251 e. The van der Waals surface area contributed by atoms with Gasteiger partial charge >= 0.3 is 0 Å². The molecule has 1 aromatic carbocycles. The van der Waals surface area contributed by atoms with Gasteiger partial charge in [-0.1, -0.05) is 12.1 Å². The zero-order valence-electron chi connectivity index (χ0n) is 11.7. The number of aromatic nitrogens is 2. The highest BCUT2D eigenvalue weighted by Gasteiger charge is 2.14. The lowest BCUT2D eigenvalue weighted by Crippen LogP contribution is -2.14. The van der Waals surface area contributed by atoms with E-state index in [1.807, 2.05) is 12.1 Å². The maximum absolute atomic E-state index is 12.1. The molecule has 0 unspecified atom stereocenters. The Labute approximate surface area is 117 Å². The number of nitrogens with zero attached hydrogens (tertiary/aromatic N) is 2. The number of rotatable bonds is 4. The maximum atomic E-state index is 12.1. The second-order valence-electron chi connectivity index (χ2n) is 4.55. The van der Waals surface area contributed by atoms with Crippen LogP contribution >= 0.6 is 0 Å². The van der Waals surface area contributed by atoms with Gasteiger partial charge in [0.25, 0.3) is 5.91 Å². The van der Waals surface area contributed by atoms with Gasteiger partial charge in [0.15, 0.2) is 5.78 Å². The highest BCUT2D eigenvalue weighted by atomic mass is 16.5. The van der Waals surface area contributed by atoms with Gasteiger partial charge in [-0.2, -0.15) is 5.10 Å². The highest BCUT2D eigenvalue weighted by Crippen LogP contribution is 2.13. The third kappa shape index (κ3) is 2.93. The Hall–Kier alpha value is -2.43. The van der Waals surface area contributed by atoms with Crippen molar-refractivity contribution in [2.45, 2.75) is 20.3 Å². The van der Waals surface area contributed by atoms with E-state index in [4.69, 9.17) is 4.74 Å². The van der Waals surface area contributed by atoms with Crippen LogP contribution in [0.3, 0.4) is 0 Å². The molecule has 0 saturated heterocycles. The lowest BCUT2D eigenvalue weighted by Gasteiger charge is -2.03. The number of ether oxygens (including phenoxy) is 1. The Kier molecular flexibility index (Phi) is 3.98. The molecule has 1 aromatic heterocycles. The molecule has 0 amide bonds. The lowest BCUT2D eigenvalue weighted by atomic mass is 10.1. The molecule has 2 rings (SSSR count). The monoisotopic (exact) mass is 272 g/mol. The van der Waals surface area contributed by atoms with Crippen LogP contribution in [0.2, 0.25) is 0 Å². The van der Waals surface area contributed by atoms with Crippen molar-refractivity contribution in [2.75, 3.05) is 7.11 Å². The van der Waals surface area contributed by atoms with Gasteiger partial charge in [-0.25, -0.2) is 4.68 Å². The van der Waals surface area contributed by atoms with Crippen LogP contribution in [0.4, 0.5) is 0 Å². The Balaban J connectivity index is 2.15. The number of methoxy groups -OCH3 is 1. The second kappa shape index (κ2) is 5.69.